The smallest absolute Gasteiger partial charge is 0.127 e. The first-order valence-corrected chi connectivity index (χ1v) is 8.09. The average molecular weight is 359 g/mol. The summed E-state index contributed by atoms with van der Waals surface area (Å²) < 4.78 is 3.33. The minimum atomic E-state index is -0.0945. The maximum atomic E-state index is 6.32. The number of fused-ring (bicyclic) bond motifs is 1. The number of hydrogen-bond donors (Lipinski definition) is 0. The molecule has 1 aromatic heterocycles. The van der Waals surface area contributed by atoms with Gasteiger partial charge in [0, 0.05) is 10.5 Å². The summed E-state index contributed by atoms with van der Waals surface area (Å²) >= 11 is 9.82. The van der Waals surface area contributed by atoms with Crippen LogP contribution in [0.3, 0.4) is 0 Å². The lowest BCUT2D eigenvalue weighted by Gasteiger charge is -2.20. The SMILES string of the molecule is CC(Cl)c1nc2cc(Br)ccc2n1C(C)CCN(C)C. The Morgan fingerprint density at radius 3 is 2.65 bits per heavy atom. The van der Waals surface area contributed by atoms with E-state index in [2.05, 4.69) is 58.5 Å². The van der Waals surface area contributed by atoms with E-state index in [4.69, 9.17) is 16.6 Å². The minimum absolute atomic E-state index is 0.0945. The van der Waals surface area contributed by atoms with Crippen LogP contribution in [0.1, 0.15) is 37.5 Å². The molecule has 0 fully saturated rings. The molecule has 2 unspecified atom stereocenters. The zero-order chi connectivity index (χ0) is 14.9. The quantitative estimate of drug-likeness (QED) is 0.728. The zero-order valence-electron chi connectivity index (χ0n) is 12.4. The summed E-state index contributed by atoms with van der Waals surface area (Å²) in [5.74, 6) is 0.950. The molecular formula is C15H21BrClN3. The van der Waals surface area contributed by atoms with Crippen molar-refractivity contribution in [2.45, 2.75) is 31.7 Å². The molecule has 0 spiro atoms. The molecule has 0 N–H and O–H groups in total. The molecule has 2 rings (SSSR count). The van der Waals surface area contributed by atoms with E-state index >= 15 is 0 Å². The van der Waals surface area contributed by atoms with Crippen molar-refractivity contribution in [3.8, 4) is 0 Å². The summed E-state index contributed by atoms with van der Waals surface area (Å²) in [6.07, 6.45) is 1.07. The van der Waals surface area contributed by atoms with E-state index in [0.717, 1.165) is 34.3 Å². The van der Waals surface area contributed by atoms with Crippen LogP contribution < -0.4 is 0 Å². The lowest BCUT2D eigenvalue weighted by molar-refractivity contribution is 0.357. The molecule has 20 heavy (non-hydrogen) atoms. The lowest BCUT2D eigenvalue weighted by Crippen LogP contribution is -2.18. The molecule has 3 nitrogen and oxygen atoms in total. The van der Waals surface area contributed by atoms with Crippen molar-refractivity contribution in [3.63, 3.8) is 0 Å². The summed E-state index contributed by atoms with van der Waals surface area (Å²) in [5, 5.41) is -0.0945. The first kappa shape index (κ1) is 15.8. The van der Waals surface area contributed by atoms with E-state index < -0.39 is 0 Å². The standard InChI is InChI=1S/C15H21BrClN3/c1-10(7-8-19(3)4)20-14-6-5-12(16)9-13(14)18-15(20)11(2)17/h5-6,9-11H,7-8H2,1-4H3. The van der Waals surface area contributed by atoms with E-state index in [9.17, 15) is 0 Å². The molecule has 0 radical (unpaired) electrons. The van der Waals surface area contributed by atoms with Crippen LogP contribution in [0.2, 0.25) is 0 Å². The second kappa shape index (κ2) is 6.46. The van der Waals surface area contributed by atoms with Crippen LogP contribution in [-0.4, -0.2) is 35.1 Å². The van der Waals surface area contributed by atoms with Crippen molar-refractivity contribution >= 4 is 38.6 Å². The number of rotatable bonds is 5. The zero-order valence-corrected chi connectivity index (χ0v) is 14.7. The van der Waals surface area contributed by atoms with Crippen molar-refractivity contribution < 1.29 is 0 Å². The molecule has 0 amide bonds. The molecule has 0 bridgehead atoms. The highest BCUT2D eigenvalue weighted by atomic mass is 79.9. The van der Waals surface area contributed by atoms with Crippen molar-refractivity contribution in [1.29, 1.82) is 0 Å². The van der Waals surface area contributed by atoms with Gasteiger partial charge in [0.05, 0.1) is 16.4 Å². The third-order valence-corrected chi connectivity index (χ3v) is 4.16. The fourth-order valence-electron chi connectivity index (χ4n) is 2.41. The van der Waals surface area contributed by atoms with Crippen LogP contribution in [-0.2, 0) is 0 Å². The fraction of sp³-hybridized carbons (Fsp3) is 0.533. The van der Waals surface area contributed by atoms with Gasteiger partial charge in [-0.2, -0.15) is 0 Å². The van der Waals surface area contributed by atoms with Crippen LogP contribution in [0.4, 0.5) is 0 Å². The monoisotopic (exact) mass is 357 g/mol. The first-order valence-electron chi connectivity index (χ1n) is 6.86. The molecule has 2 atom stereocenters. The summed E-state index contributed by atoms with van der Waals surface area (Å²) in [4.78, 5) is 6.91. The van der Waals surface area contributed by atoms with Crippen molar-refractivity contribution in [1.82, 2.24) is 14.5 Å². The number of benzene rings is 1. The number of nitrogens with zero attached hydrogens (tertiary/aromatic N) is 3. The molecular weight excluding hydrogens is 338 g/mol. The maximum absolute atomic E-state index is 6.32. The van der Waals surface area contributed by atoms with Gasteiger partial charge in [-0.25, -0.2) is 4.98 Å². The van der Waals surface area contributed by atoms with Gasteiger partial charge in [-0.15, -0.1) is 11.6 Å². The van der Waals surface area contributed by atoms with Gasteiger partial charge in [-0.1, -0.05) is 15.9 Å². The largest absolute Gasteiger partial charge is 0.324 e. The number of hydrogen-bond acceptors (Lipinski definition) is 2. The highest BCUT2D eigenvalue weighted by Crippen LogP contribution is 2.30. The van der Waals surface area contributed by atoms with Gasteiger partial charge in [0.2, 0.25) is 0 Å². The number of alkyl halides is 1. The maximum Gasteiger partial charge on any atom is 0.127 e. The first-order chi connectivity index (χ1) is 9.40. The van der Waals surface area contributed by atoms with Gasteiger partial charge in [-0.3, -0.25) is 0 Å². The summed E-state index contributed by atoms with van der Waals surface area (Å²) in [5.41, 5.74) is 2.15. The second-order valence-electron chi connectivity index (χ2n) is 5.53. The van der Waals surface area contributed by atoms with E-state index in [1.54, 1.807) is 0 Å². The third kappa shape index (κ3) is 3.35. The minimum Gasteiger partial charge on any atom is -0.324 e. The van der Waals surface area contributed by atoms with Crippen LogP contribution in [0.25, 0.3) is 11.0 Å². The van der Waals surface area contributed by atoms with Gasteiger partial charge in [0.1, 0.15) is 5.82 Å². The number of halogens is 2. The normalized spacial score (nSPS) is 14.9. The molecule has 0 aliphatic heterocycles. The Balaban J connectivity index is 2.45. The highest BCUT2D eigenvalue weighted by Gasteiger charge is 2.19. The van der Waals surface area contributed by atoms with Crippen molar-refractivity contribution in [2.24, 2.45) is 0 Å². The Morgan fingerprint density at radius 2 is 2.05 bits per heavy atom. The fourth-order valence-corrected chi connectivity index (χ4v) is 2.91. The summed E-state index contributed by atoms with van der Waals surface area (Å²) in [6, 6.07) is 6.59. The van der Waals surface area contributed by atoms with Gasteiger partial charge in [0.25, 0.3) is 0 Å². The Bertz CT molecular complexity index is 592. The molecule has 110 valence electrons. The van der Waals surface area contributed by atoms with Crippen LogP contribution >= 0.6 is 27.5 Å². The van der Waals surface area contributed by atoms with E-state index in [-0.39, 0.29) is 5.38 Å². The predicted molar refractivity (Wildman–Crippen MR) is 89.6 cm³/mol. The van der Waals surface area contributed by atoms with E-state index in [1.165, 1.54) is 0 Å². The molecule has 1 heterocycles. The van der Waals surface area contributed by atoms with Crippen molar-refractivity contribution in [3.05, 3.63) is 28.5 Å². The third-order valence-electron chi connectivity index (χ3n) is 3.47. The van der Waals surface area contributed by atoms with E-state index in [0.29, 0.717) is 6.04 Å². The molecule has 0 aliphatic rings. The Labute approximate surface area is 134 Å². The Morgan fingerprint density at radius 1 is 1.35 bits per heavy atom. The second-order valence-corrected chi connectivity index (χ2v) is 7.10. The van der Waals surface area contributed by atoms with E-state index in [1.807, 2.05) is 13.0 Å². The highest BCUT2D eigenvalue weighted by molar-refractivity contribution is 9.10. The molecule has 0 aliphatic carbocycles. The van der Waals surface area contributed by atoms with Crippen molar-refractivity contribution in [2.75, 3.05) is 20.6 Å². The van der Waals surface area contributed by atoms with Gasteiger partial charge in [-0.05, 0) is 59.1 Å². The Hall–Kier alpha value is -0.580. The lowest BCUT2D eigenvalue weighted by atomic mass is 10.2. The van der Waals surface area contributed by atoms with Gasteiger partial charge < -0.3 is 9.47 Å². The van der Waals surface area contributed by atoms with Crippen LogP contribution in [0.5, 0.6) is 0 Å². The van der Waals surface area contributed by atoms with Crippen LogP contribution in [0.15, 0.2) is 22.7 Å². The topological polar surface area (TPSA) is 21.1 Å². The van der Waals surface area contributed by atoms with Gasteiger partial charge >= 0.3 is 0 Å². The van der Waals surface area contributed by atoms with Crippen LogP contribution in [0, 0.1) is 0 Å². The summed E-state index contributed by atoms with van der Waals surface area (Å²) in [7, 11) is 4.20. The van der Waals surface area contributed by atoms with Gasteiger partial charge in [0.15, 0.2) is 0 Å². The Kier molecular flexibility index (Phi) is 5.10. The molecule has 2 aromatic rings. The summed E-state index contributed by atoms with van der Waals surface area (Å²) in [6.45, 7) is 5.26. The number of imidazole rings is 1. The molecule has 0 saturated heterocycles. The average Bonchev–Trinajstić information content (AvgIpc) is 2.74. The molecule has 0 saturated carbocycles. The molecule has 1 aromatic carbocycles. The number of aromatic nitrogens is 2. The predicted octanol–water partition coefficient (Wildman–Crippen LogP) is 4.61. The molecule has 5 heteroatoms.